The van der Waals surface area contributed by atoms with Gasteiger partial charge in [0.1, 0.15) is 11.8 Å². The summed E-state index contributed by atoms with van der Waals surface area (Å²) in [6, 6.07) is 2.87. The topological polar surface area (TPSA) is 130 Å². The van der Waals surface area contributed by atoms with Crippen LogP contribution in [0.5, 0.6) is 0 Å². The molecule has 3 amide bonds. The van der Waals surface area contributed by atoms with Crippen molar-refractivity contribution in [1.29, 1.82) is 0 Å². The van der Waals surface area contributed by atoms with Crippen LogP contribution in [0.3, 0.4) is 0 Å². The summed E-state index contributed by atoms with van der Waals surface area (Å²) in [5.74, 6) is -1.89. The first kappa shape index (κ1) is 15.1. The minimum Gasteiger partial charge on any atom is -0.372 e. The molecule has 9 heteroatoms. The van der Waals surface area contributed by atoms with Gasteiger partial charge < -0.3 is 10.4 Å². The number of benzene rings is 1. The van der Waals surface area contributed by atoms with Crippen LogP contribution < -0.4 is 5.32 Å². The normalized spacial score (nSPS) is 24.2. The van der Waals surface area contributed by atoms with Crippen LogP contribution in [0, 0.1) is 10.1 Å². The van der Waals surface area contributed by atoms with E-state index in [0.717, 1.165) is 11.0 Å². The Morgan fingerprint density at radius 1 is 1.26 bits per heavy atom. The molecule has 1 fully saturated rings. The number of nitro benzene ring substituents is 1. The molecule has 2 atom stereocenters. The zero-order valence-corrected chi connectivity index (χ0v) is 11.9. The van der Waals surface area contributed by atoms with Gasteiger partial charge in [0.2, 0.25) is 5.91 Å². The van der Waals surface area contributed by atoms with Crippen LogP contribution in [-0.2, 0) is 4.79 Å². The fraction of sp³-hybridized carbons (Fsp3) is 0.357. The highest BCUT2D eigenvalue weighted by Gasteiger charge is 2.46. The van der Waals surface area contributed by atoms with Crippen LogP contribution in [0.2, 0.25) is 0 Å². The highest BCUT2D eigenvalue weighted by atomic mass is 16.6. The molecule has 0 saturated carbocycles. The number of carbonyl (C=O) groups excluding carboxylic acids is 3. The Morgan fingerprint density at radius 3 is 2.70 bits per heavy atom. The molecule has 9 nitrogen and oxygen atoms in total. The van der Waals surface area contributed by atoms with Crippen molar-refractivity contribution in [2.45, 2.75) is 31.5 Å². The van der Waals surface area contributed by atoms with Gasteiger partial charge >= 0.3 is 0 Å². The predicted octanol–water partition coefficient (Wildman–Crippen LogP) is 0.178. The van der Waals surface area contributed by atoms with Crippen LogP contribution in [-0.4, -0.2) is 44.9 Å². The van der Waals surface area contributed by atoms with Crippen molar-refractivity contribution in [1.82, 2.24) is 10.2 Å². The number of imide groups is 1. The lowest BCUT2D eigenvalue weighted by atomic mass is 10.1. The molecule has 1 saturated heterocycles. The van der Waals surface area contributed by atoms with Gasteiger partial charge in [-0.2, -0.15) is 0 Å². The van der Waals surface area contributed by atoms with Crippen molar-refractivity contribution in [3.63, 3.8) is 0 Å². The smallest absolute Gasteiger partial charge is 0.282 e. The molecule has 2 aliphatic rings. The van der Waals surface area contributed by atoms with Crippen molar-refractivity contribution in [3.05, 3.63) is 39.4 Å². The van der Waals surface area contributed by atoms with E-state index < -0.39 is 34.7 Å². The largest absolute Gasteiger partial charge is 0.372 e. The summed E-state index contributed by atoms with van der Waals surface area (Å²) >= 11 is 0. The van der Waals surface area contributed by atoms with Gasteiger partial charge in [-0.3, -0.25) is 29.4 Å². The maximum absolute atomic E-state index is 12.5. The number of fused-ring (bicyclic) bond motifs is 1. The molecule has 1 unspecified atom stereocenters. The fourth-order valence-corrected chi connectivity index (χ4v) is 2.97. The number of rotatable bonds is 2. The van der Waals surface area contributed by atoms with Crippen molar-refractivity contribution < 1.29 is 24.4 Å². The number of aliphatic hydroxyl groups is 1. The highest BCUT2D eigenvalue weighted by molar-refractivity contribution is 6.23. The van der Waals surface area contributed by atoms with Crippen molar-refractivity contribution in [2.24, 2.45) is 0 Å². The summed E-state index contributed by atoms with van der Waals surface area (Å²) in [4.78, 5) is 47.6. The molecule has 0 bridgehead atoms. The summed E-state index contributed by atoms with van der Waals surface area (Å²) in [6.07, 6.45) is -0.592. The van der Waals surface area contributed by atoms with Crippen molar-refractivity contribution in [2.75, 3.05) is 0 Å². The van der Waals surface area contributed by atoms with Crippen LogP contribution in [0.1, 0.15) is 40.0 Å². The van der Waals surface area contributed by atoms with Gasteiger partial charge in [-0.05, 0) is 18.9 Å². The zero-order chi connectivity index (χ0) is 16.7. The molecule has 0 spiro atoms. The third-order valence-corrected chi connectivity index (χ3v) is 4.03. The van der Waals surface area contributed by atoms with Crippen LogP contribution >= 0.6 is 0 Å². The predicted molar refractivity (Wildman–Crippen MR) is 75.4 cm³/mol. The molecule has 23 heavy (non-hydrogen) atoms. The van der Waals surface area contributed by atoms with E-state index in [1.54, 1.807) is 0 Å². The Kier molecular flexibility index (Phi) is 3.57. The van der Waals surface area contributed by atoms with Crippen LogP contribution in [0.4, 0.5) is 5.69 Å². The lowest BCUT2D eigenvalue weighted by Gasteiger charge is -2.28. The molecule has 2 heterocycles. The third-order valence-electron chi connectivity index (χ3n) is 4.03. The number of nitrogens with one attached hydrogen (secondary N) is 1. The average Bonchev–Trinajstić information content (AvgIpc) is 2.64. The van der Waals surface area contributed by atoms with Crippen molar-refractivity contribution >= 4 is 23.4 Å². The van der Waals surface area contributed by atoms with E-state index in [9.17, 15) is 29.6 Å². The average molecular weight is 319 g/mol. The highest BCUT2D eigenvalue weighted by Crippen LogP contribution is 2.33. The molecule has 0 radical (unpaired) electrons. The minimum absolute atomic E-state index is 0.0630. The van der Waals surface area contributed by atoms with Gasteiger partial charge in [-0.15, -0.1) is 0 Å². The van der Waals surface area contributed by atoms with Gasteiger partial charge in [-0.1, -0.05) is 6.07 Å². The van der Waals surface area contributed by atoms with Crippen LogP contribution in [0.15, 0.2) is 18.2 Å². The maximum atomic E-state index is 12.5. The molecular formula is C14H13N3O6. The monoisotopic (exact) mass is 319 g/mol. The molecule has 1 aromatic rings. The lowest BCUT2D eigenvalue weighted by Crippen LogP contribution is -2.52. The number of nitrogens with zero attached hydrogens (tertiary/aromatic N) is 2. The molecule has 3 rings (SSSR count). The molecular weight excluding hydrogens is 306 g/mol. The zero-order valence-electron chi connectivity index (χ0n) is 11.9. The van der Waals surface area contributed by atoms with E-state index in [0.29, 0.717) is 6.42 Å². The van der Waals surface area contributed by atoms with E-state index in [1.807, 2.05) is 0 Å². The second-order valence-electron chi connectivity index (χ2n) is 5.41. The summed E-state index contributed by atoms with van der Waals surface area (Å²) < 4.78 is 0. The van der Waals surface area contributed by atoms with Gasteiger partial charge in [0.25, 0.3) is 17.5 Å². The molecule has 0 aromatic heterocycles. The molecule has 1 aromatic carbocycles. The molecule has 0 aliphatic carbocycles. The number of amides is 3. The Hall–Kier alpha value is -2.81. The number of hydrogen-bond donors (Lipinski definition) is 2. The molecule has 2 aliphatic heterocycles. The Morgan fingerprint density at radius 2 is 2.00 bits per heavy atom. The van der Waals surface area contributed by atoms with Gasteiger partial charge in [-0.25, -0.2) is 0 Å². The Labute approximate surface area is 130 Å². The minimum atomic E-state index is -1.40. The fourth-order valence-electron chi connectivity index (χ4n) is 2.97. The second-order valence-corrected chi connectivity index (χ2v) is 5.41. The number of hydrogen-bond acceptors (Lipinski definition) is 6. The van der Waals surface area contributed by atoms with Gasteiger partial charge in [0, 0.05) is 12.5 Å². The Balaban J connectivity index is 2.02. The summed E-state index contributed by atoms with van der Waals surface area (Å²) in [5, 5.41) is 23.4. The van der Waals surface area contributed by atoms with Gasteiger partial charge in [0.15, 0.2) is 0 Å². The lowest BCUT2D eigenvalue weighted by molar-refractivity contribution is -0.385. The van der Waals surface area contributed by atoms with Crippen molar-refractivity contribution in [3.8, 4) is 0 Å². The first-order chi connectivity index (χ1) is 10.9. The number of carbonyl (C=O) groups is 3. The second kappa shape index (κ2) is 5.43. The van der Waals surface area contributed by atoms with E-state index in [4.69, 9.17) is 0 Å². The van der Waals surface area contributed by atoms with Gasteiger partial charge in [0.05, 0.1) is 16.5 Å². The SMILES string of the molecule is O=C1CCC[C@@H](N2C(=O)c3cccc([N+](=O)[O-])c3C2=O)C(O)N1. The Bertz CT molecular complexity index is 731. The quantitative estimate of drug-likeness (QED) is 0.454. The molecule has 120 valence electrons. The summed E-state index contributed by atoms with van der Waals surface area (Å²) in [5.41, 5.74) is -0.784. The van der Waals surface area contributed by atoms with E-state index in [1.165, 1.54) is 12.1 Å². The maximum Gasteiger partial charge on any atom is 0.282 e. The standard InChI is InChI=1S/C14H13N3O6/c18-10-6-2-5-9(12(19)15-10)16-13(20)7-3-1-4-8(17(22)23)11(7)14(16)21/h1,3-4,9,12,19H,2,5-6H2,(H,15,18)/t9-,12?/m1/s1. The molecule has 2 N–H and O–H groups in total. The van der Waals surface area contributed by atoms with Crippen LogP contribution in [0.25, 0.3) is 0 Å². The first-order valence-electron chi connectivity index (χ1n) is 7.04. The summed E-state index contributed by atoms with van der Waals surface area (Å²) in [6.45, 7) is 0. The van der Waals surface area contributed by atoms with E-state index in [-0.39, 0.29) is 29.9 Å². The number of aliphatic hydroxyl groups excluding tert-OH is 1. The summed E-state index contributed by atoms with van der Waals surface area (Å²) in [7, 11) is 0. The van der Waals surface area contributed by atoms with E-state index in [2.05, 4.69) is 5.32 Å². The third kappa shape index (κ3) is 2.34. The van der Waals surface area contributed by atoms with E-state index >= 15 is 0 Å². The first-order valence-corrected chi connectivity index (χ1v) is 7.04. The number of nitro groups is 1.